The summed E-state index contributed by atoms with van der Waals surface area (Å²) >= 11 is 1.57. The minimum atomic E-state index is -1.17. The van der Waals surface area contributed by atoms with Crippen LogP contribution in [0.15, 0.2) is 30.3 Å². The van der Waals surface area contributed by atoms with Crippen molar-refractivity contribution in [1.82, 2.24) is 16.0 Å². The van der Waals surface area contributed by atoms with Gasteiger partial charge in [-0.1, -0.05) is 44.2 Å². The zero-order valence-electron chi connectivity index (χ0n) is 19.0. The highest BCUT2D eigenvalue weighted by molar-refractivity contribution is 7.98. The van der Waals surface area contributed by atoms with Crippen molar-refractivity contribution in [2.75, 3.05) is 12.0 Å². The van der Waals surface area contributed by atoms with Crippen molar-refractivity contribution in [1.29, 1.82) is 0 Å². The summed E-state index contributed by atoms with van der Waals surface area (Å²) < 4.78 is 0. The molecular formula is C22H34N4O5S. The molecule has 6 N–H and O–H groups in total. The lowest BCUT2D eigenvalue weighted by Gasteiger charge is -2.26. The topological polar surface area (TPSA) is 151 Å². The molecule has 0 bridgehead atoms. The normalized spacial score (nSPS) is 14.7. The van der Waals surface area contributed by atoms with Gasteiger partial charge in [-0.15, -0.1) is 0 Å². The van der Waals surface area contributed by atoms with Crippen LogP contribution in [0.5, 0.6) is 0 Å². The SMILES string of the molecule is CSCCC(N)C(=O)NC(C)C(=O)NC(C(=O)NC(Cc1ccccc1)C(=O)O)C(C)C. The molecule has 4 atom stereocenters. The summed E-state index contributed by atoms with van der Waals surface area (Å²) in [5.41, 5.74) is 6.58. The van der Waals surface area contributed by atoms with Crippen molar-refractivity contribution in [2.45, 2.75) is 57.8 Å². The molecular weight excluding hydrogens is 432 g/mol. The van der Waals surface area contributed by atoms with Crippen molar-refractivity contribution < 1.29 is 24.3 Å². The number of thioether (sulfide) groups is 1. The van der Waals surface area contributed by atoms with Crippen molar-refractivity contribution in [3.8, 4) is 0 Å². The fraction of sp³-hybridized carbons (Fsp3) is 0.545. The van der Waals surface area contributed by atoms with Gasteiger partial charge in [0.2, 0.25) is 17.7 Å². The van der Waals surface area contributed by atoms with E-state index in [1.807, 2.05) is 12.3 Å². The van der Waals surface area contributed by atoms with Gasteiger partial charge in [-0.2, -0.15) is 11.8 Å². The van der Waals surface area contributed by atoms with Crippen LogP contribution in [0.1, 0.15) is 32.8 Å². The number of carboxylic acids is 1. The first-order valence-electron chi connectivity index (χ1n) is 10.5. The van der Waals surface area contributed by atoms with E-state index in [4.69, 9.17) is 5.73 Å². The second kappa shape index (κ2) is 13.7. The van der Waals surface area contributed by atoms with Gasteiger partial charge in [0.15, 0.2) is 0 Å². The van der Waals surface area contributed by atoms with E-state index in [9.17, 15) is 24.3 Å². The Bertz CT molecular complexity index is 775. The van der Waals surface area contributed by atoms with Crippen LogP contribution in [0.3, 0.4) is 0 Å². The Morgan fingerprint density at radius 3 is 2.12 bits per heavy atom. The Labute approximate surface area is 193 Å². The van der Waals surface area contributed by atoms with Gasteiger partial charge in [0.05, 0.1) is 6.04 Å². The Morgan fingerprint density at radius 1 is 0.969 bits per heavy atom. The largest absolute Gasteiger partial charge is 0.480 e. The van der Waals surface area contributed by atoms with Crippen molar-refractivity contribution in [3.63, 3.8) is 0 Å². The summed E-state index contributed by atoms with van der Waals surface area (Å²) in [5.74, 6) is -2.36. The van der Waals surface area contributed by atoms with Crippen LogP contribution in [0.2, 0.25) is 0 Å². The molecule has 9 nitrogen and oxygen atoms in total. The maximum atomic E-state index is 12.8. The fourth-order valence-corrected chi connectivity index (χ4v) is 3.38. The monoisotopic (exact) mass is 466 g/mol. The molecule has 0 aromatic heterocycles. The number of aliphatic carboxylic acids is 1. The van der Waals surface area contributed by atoms with Gasteiger partial charge in [0.1, 0.15) is 18.1 Å². The molecule has 0 heterocycles. The number of carbonyl (C=O) groups excluding carboxylic acids is 3. The molecule has 1 aromatic rings. The third-order valence-electron chi connectivity index (χ3n) is 4.87. The van der Waals surface area contributed by atoms with Gasteiger partial charge in [-0.05, 0) is 36.8 Å². The fourth-order valence-electron chi connectivity index (χ4n) is 2.89. The Morgan fingerprint density at radius 2 is 1.59 bits per heavy atom. The smallest absolute Gasteiger partial charge is 0.326 e. The molecule has 0 saturated heterocycles. The molecule has 0 saturated carbocycles. The van der Waals surface area contributed by atoms with E-state index in [-0.39, 0.29) is 12.3 Å². The van der Waals surface area contributed by atoms with E-state index >= 15 is 0 Å². The van der Waals surface area contributed by atoms with Crippen LogP contribution in [-0.2, 0) is 25.6 Å². The predicted molar refractivity (Wildman–Crippen MR) is 125 cm³/mol. The molecule has 0 fully saturated rings. The zero-order chi connectivity index (χ0) is 24.3. The number of nitrogens with one attached hydrogen (secondary N) is 3. The first-order valence-corrected chi connectivity index (χ1v) is 11.9. The lowest BCUT2D eigenvalue weighted by Crippen LogP contribution is -2.58. The molecule has 32 heavy (non-hydrogen) atoms. The maximum Gasteiger partial charge on any atom is 0.326 e. The molecule has 0 spiro atoms. The maximum absolute atomic E-state index is 12.8. The van der Waals surface area contributed by atoms with Crippen molar-refractivity contribution in [3.05, 3.63) is 35.9 Å². The van der Waals surface area contributed by atoms with E-state index in [1.165, 1.54) is 6.92 Å². The van der Waals surface area contributed by atoms with E-state index in [0.717, 1.165) is 11.3 Å². The van der Waals surface area contributed by atoms with Crippen LogP contribution >= 0.6 is 11.8 Å². The molecule has 3 amide bonds. The Balaban J connectivity index is 2.75. The number of carboxylic acid groups (broad SMARTS) is 1. The van der Waals surface area contributed by atoms with Gasteiger partial charge in [0, 0.05) is 6.42 Å². The highest BCUT2D eigenvalue weighted by Gasteiger charge is 2.30. The van der Waals surface area contributed by atoms with Crippen LogP contribution < -0.4 is 21.7 Å². The van der Waals surface area contributed by atoms with Gasteiger partial charge < -0.3 is 26.8 Å². The minimum Gasteiger partial charge on any atom is -0.480 e. The molecule has 1 rings (SSSR count). The average molecular weight is 467 g/mol. The van der Waals surface area contributed by atoms with Gasteiger partial charge >= 0.3 is 5.97 Å². The van der Waals surface area contributed by atoms with Crippen LogP contribution in [0.4, 0.5) is 0 Å². The van der Waals surface area contributed by atoms with E-state index < -0.39 is 47.9 Å². The summed E-state index contributed by atoms with van der Waals surface area (Å²) in [6.07, 6.45) is 2.50. The number of nitrogens with two attached hydrogens (primary N) is 1. The molecule has 178 valence electrons. The standard InChI is InChI=1S/C22H34N4O5S/c1-13(2)18(26-19(27)14(3)24-20(28)16(23)10-11-32-4)21(29)25-17(22(30)31)12-15-8-6-5-7-9-15/h5-9,13-14,16-18H,10-12,23H2,1-4H3,(H,24,28)(H,25,29)(H,26,27)(H,30,31). The molecule has 0 aliphatic rings. The Kier molecular flexibility index (Phi) is 11.8. The van der Waals surface area contributed by atoms with Crippen molar-refractivity contribution >= 4 is 35.5 Å². The van der Waals surface area contributed by atoms with Gasteiger partial charge in [-0.3, -0.25) is 14.4 Å². The third kappa shape index (κ3) is 9.27. The number of benzene rings is 1. The molecule has 0 aliphatic heterocycles. The van der Waals surface area contributed by atoms with Crippen LogP contribution in [-0.4, -0.2) is 65.0 Å². The van der Waals surface area contributed by atoms with Crippen LogP contribution in [0.25, 0.3) is 0 Å². The molecule has 0 radical (unpaired) electrons. The Hall–Kier alpha value is -2.59. The number of carbonyl (C=O) groups is 4. The second-order valence-electron chi connectivity index (χ2n) is 7.94. The molecule has 1 aromatic carbocycles. The van der Waals surface area contributed by atoms with Gasteiger partial charge in [0.25, 0.3) is 0 Å². The first-order chi connectivity index (χ1) is 15.1. The van der Waals surface area contributed by atoms with E-state index in [0.29, 0.717) is 6.42 Å². The summed E-state index contributed by atoms with van der Waals surface area (Å²) in [7, 11) is 0. The quantitative estimate of drug-likeness (QED) is 0.284. The number of rotatable bonds is 13. The molecule has 10 heteroatoms. The summed E-state index contributed by atoms with van der Waals surface area (Å²) in [6, 6.07) is 5.20. The van der Waals surface area contributed by atoms with Crippen molar-refractivity contribution in [2.24, 2.45) is 11.7 Å². The molecule has 0 aliphatic carbocycles. The summed E-state index contributed by atoms with van der Waals surface area (Å²) in [6.45, 7) is 4.97. The third-order valence-corrected chi connectivity index (χ3v) is 5.51. The molecule has 4 unspecified atom stereocenters. The lowest BCUT2D eigenvalue weighted by atomic mass is 10.0. The second-order valence-corrected chi connectivity index (χ2v) is 8.92. The number of hydrogen-bond donors (Lipinski definition) is 5. The minimum absolute atomic E-state index is 0.112. The highest BCUT2D eigenvalue weighted by atomic mass is 32.2. The van der Waals surface area contributed by atoms with E-state index in [1.54, 1.807) is 49.9 Å². The number of hydrogen-bond acceptors (Lipinski definition) is 6. The van der Waals surface area contributed by atoms with Crippen LogP contribution in [0, 0.1) is 5.92 Å². The van der Waals surface area contributed by atoms with E-state index in [2.05, 4.69) is 16.0 Å². The zero-order valence-corrected chi connectivity index (χ0v) is 19.8. The summed E-state index contributed by atoms with van der Waals surface area (Å²) in [4.78, 5) is 49.2. The summed E-state index contributed by atoms with van der Waals surface area (Å²) in [5, 5.41) is 17.2. The lowest BCUT2D eigenvalue weighted by molar-refractivity contribution is -0.142. The first kappa shape index (κ1) is 27.4. The number of amides is 3. The predicted octanol–water partition coefficient (Wildman–Crippen LogP) is 0.524. The van der Waals surface area contributed by atoms with Gasteiger partial charge in [-0.25, -0.2) is 4.79 Å². The average Bonchev–Trinajstić information content (AvgIpc) is 2.75. The highest BCUT2D eigenvalue weighted by Crippen LogP contribution is 2.07.